The normalized spacial score (nSPS) is 17.3. The Morgan fingerprint density at radius 2 is 1.32 bits per heavy atom. The lowest BCUT2D eigenvalue weighted by Gasteiger charge is -2.32. The number of carbonyl (C=O) groups excluding carboxylic acids is 3. The molecule has 3 aliphatic carbocycles. The Bertz CT molecular complexity index is 2340. The molecule has 3 atom stereocenters. The maximum absolute atomic E-state index is 13.1. The van der Waals surface area contributed by atoms with Gasteiger partial charge in [0.1, 0.15) is 23.5 Å². The predicted octanol–water partition coefficient (Wildman–Crippen LogP) is 12.0. The monoisotopic (exact) mass is 1090 g/mol. The number of benzene rings is 2. The second-order valence-electron chi connectivity index (χ2n) is 20.1. The molecular weight excluding hydrogens is 1010 g/mol. The summed E-state index contributed by atoms with van der Waals surface area (Å²) in [5.41, 5.74) is 9.19. The van der Waals surface area contributed by atoms with Gasteiger partial charge in [0.2, 0.25) is 11.8 Å². The number of nitrogens with one attached hydrogen (secondary N) is 4. The fraction of sp³-hybridized carbons (Fsp3) is 0.556. The minimum absolute atomic E-state index is 0.0388. The summed E-state index contributed by atoms with van der Waals surface area (Å²) in [4.78, 5) is 57.9. The van der Waals surface area contributed by atoms with E-state index >= 15 is 0 Å². The van der Waals surface area contributed by atoms with E-state index < -0.39 is 29.7 Å². The van der Waals surface area contributed by atoms with Crippen LogP contribution in [0.2, 0.25) is 0 Å². The van der Waals surface area contributed by atoms with E-state index in [1.54, 1.807) is 33.2 Å². The maximum Gasteiger partial charge on any atom is 0.408 e. The molecule has 72 heavy (non-hydrogen) atoms. The summed E-state index contributed by atoms with van der Waals surface area (Å²) in [6.45, 7) is 5.90. The highest BCUT2D eigenvalue weighted by Gasteiger charge is 2.36. The minimum atomic E-state index is -0.989. The van der Waals surface area contributed by atoms with Crippen molar-refractivity contribution in [2.45, 2.75) is 172 Å². The SMILES string of the molecule is CC(C)(C)OC(=O)NC(CC1CCCCC1)C(=O)O.N#Cc1ccccc1CBr.N=C1c2ccccc2CN1C(CC1CCCCC1)C(=O)Nc1nccs1.NC(CC1CCCCC1)C(=O)Nc1nccs1. The summed E-state index contributed by atoms with van der Waals surface area (Å²) in [7, 11) is 0. The van der Waals surface area contributed by atoms with Crippen LogP contribution in [-0.2, 0) is 31.0 Å². The number of aromatic nitrogens is 2. The number of nitrogens with two attached hydrogens (primary N) is 1. The molecule has 3 heterocycles. The fourth-order valence-corrected chi connectivity index (χ4v) is 11.3. The number of carbonyl (C=O) groups is 4. The number of nitriles is 1. The molecule has 3 fully saturated rings. The van der Waals surface area contributed by atoms with E-state index in [0.717, 1.165) is 66.1 Å². The van der Waals surface area contributed by atoms with Gasteiger partial charge in [-0.2, -0.15) is 5.26 Å². The first-order valence-electron chi connectivity index (χ1n) is 25.5. The van der Waals surface area contributed by atoms with Gasteiger partial charge < -0.3 is 36.4 Å². The van der Waals surface area contributed by atoms with Gasteiger partial charge in [0.05, 0.1) is 17.7 Å². The van der Waals surface area contributed by atoms with Gasteiger partial charge in [-0.05, 0) is 75.0 Å². The Balaban J connectivity index is 0.000000187. The highest BCUT2D eigenvalue weighted by Crippen LogP contribution is 2.33. The topological polar surface area (TPSA) is 237 Å². The van der Waals surface area contributed by atoms with Crippen molar-refractivity contribution >= 4 is 78.6 Å². The molecule has 2 aromatic carbocycles. The van der Waals surface area contributed by atoms with Crippen molar-refractivity contribution in [2.75, 3.05) is 10.6 Å². The first-order chi connectivity index (χ1) is 34.6. The van der Waals surface area contributed by atoms with Crippen LogP contribution in [-0.4, -0.2) is 73.4 Å². The number of hydrogen-bond donors (Lipinski definition) is 6. The van der Waals surface area contributed by atoms with Gasteiger partial charge in [-0.1, -0.05) is 155 Å². The number of halogens is 1. The van der Waals surface area contributed by atoms with Gasteiger partial charge in [0.15, 0.2) is 10.3 Å². The van der Waals surface area contributed by atoms with Gasteiger partial charge in [-0.15, -0.1) is 22.7 Å². The van der Waals surface area contributed by atoms with E-state index in [9.17, 15) is 24.3 Å². The molecule has 0 bridgehead atoms. The number of alkyl carbamates (subject to hydrolysis) is 1. The molecular formula is C54H74BrN9O6S2. The number of thiazole rings is 2. The molecule has 15 nitrogen and oxygen atoms in total. The number of amides is 3. The maximum atomic E-state index is 13.1. The average molecular weight is 1090 g/mol. The van der Waals surface area contributed by atoms with Crippen LogP contribution in [0.1, 0.15) is 159 Å². The molecule has 0 radical (unpaired) electrons. The number of amidine groups is 1. The van der Waals surface area contributed by atoms with E-state index in [4.69, 9.17) is 21.1 Å². The molecule has 2 aromatic heterocycles. The lowest BCUT2D eigenvalue weighted by Crippen LogP contribution is -2.45. The number of fused-ring (bicyclic) bond motifs is 1. The predicted molar refractivity (Wildman–Crippen MR) is 290 cm³/mol. The lowest BCUT2D eigenvalue weighted by molar-refractivity contribution is -0.140. The van der Waals surface area contributed by atoms with Crippen molar-refractivity contribution in [3.8, 4) is 6.07 Å². The Kier molecular flexibility index (Phi) is 24.1. The second kappa shape index (κ2) is 30.1. The largest absolute Gasteiger partial charge is 0.480 e. The van der Waals surface area contributed by atoms with Crippen molar-refractivity contribution in [2.24, 2.45) is 23.5 Å². The molecule has 0 spiro atoms. The second-order valence-corrected chi connectivity index (χ2v) is 22.4. The number of nitrogens with zero attached hydrogens (tertiary/aromatic N) is 4. The number of anilines is 2. The molecule has 4 aromatic rings. The molecule has 3 unspecified atom stereocenters. The van der Waals surface area contributed by atoms with Crippen LogP contribution in [0.25, 0.3) is 0 Å². The van der Waals surface area contributed by atoms with Crippen LogP contribution in [0.4, 0.5) is 15.1 Å². The zero-order valence-corrected chi connectivity index (χ0v) is 45.3. The van der Waals surface area contributed by atoms with E-state index in [0.29, 0.717) is 46.8 Å². The smallest absolute Gasteiger partial charge is 0.408 e. The summed E-state index contributed by atoms with van der Waals surface area (Å²) in [5.74, 6) is 0.915. The number of hydrogen-bond acceptors (Lipinski definition) is 12. The number of alkyl halides is 1. The fourth-order valence-electron chi connectivity index (χ4n) is 9.71. The molecule has 7 N–H and O–H groups in total. The third-order valence-corrected chi connectivity index (χ3v) is 15.4. The first-order valence-corrected chi connectivity index (χ1v) is 28.4. The number of rotatable bonds is 14. The summed E-state index contributed by atoms with van der Waals surface area (Å²) in [5, 5.41) is 40.3. The summed E-state index contributed by atoms with van der Waals surface area (Å²) >= 11 is 6.14. The van der Waals surface area contributed by atoms with Crippen molar-refractivity contribution in [1.29, 1.82) is 10.7 Å². The van der Waals surface area contributed by atoms with E-state index in [1.165, 1.54) is 93.3 Å². The molecule has 0 saturated heterocycles. The quantitative estimate of drug-likeness (QED) is 0.0650. The van der Waals surface area contributed by atoms with Crippen molar-refractivity contribution < 1.29 is 29.0 Å². The molecule has 4 aliphatic rings. The van der Waals surface area contributed by atoms with Crippen LogP contribution >= 0.6 is 38.6 Å². The molecule has 1 aliphatic heterocycles. The number of aliphatic carboxylic acids is 1. The molecule has 3 saturated carbocycles. The zero-order chi connectivity index (χ0) is 51.9. The summed E-state index contributed by atoms with van der Waals surface area (Å²) < 4.78 is 5.09. The lowest BCUT2D eigenvalue weighted by atomic mass is 9.84. The molecule has 3 amide bonds. The molecule has 18 heteroatoms. The number of ether oxygens (including phenoxy) is 1. The highest BCUT2D eigenvalue weighted by atomic mass is 79.9. The Labute approximate surface area is 442 Å². The zero-order valence-electron chi connectivity index (χ0n) is 42.1. The molecule has 390 valence electrons. The highest BCUT2D eigenvalue weighted by molar-refractivity contribution is 9.08. The number of carboxylic acid groups (broad SMARTS) is 1. The Morgan fingerprint density at radius 1 is 0.806 bits per heavy atom. The average Bonchev–Trinajstić information content (AvgIpc) is 4.17. The van der Waals surface area contributed by atoms with E-state index in [1.807, 2.05) is 58.1 Å². The summed E-state index contributed by atoms with van der Waals surface area (Å²) in [6, 6.07) is 16.1. The Morgan fingerprint density at radius 3 is 1.81 bits per heavy atom. The van der Waals surface area contributed by atoms with Crippen molar-refractivity contribution in [3.05, 3.63) is 93.9 Å². The number of carboxylic acids is 1. The van der Waals surface area contributed by atoms with Crippen LogP contribution in [0, 0.1) is 34.5 Å². The molecule has 8 rings (SSSR count). The van der Waals surface area contributed by atoms with Gasteiger partial charge in [-0.3, -0.25) is 15.0 Å². The third kappa shape index (κ3) is 19.7. The summed E-state index contributed by atoms with van der Waals surface area (Å²) in [6.07, 6.45) is 23.0. The van der Waals surface area contributed by atoms with Gasteiger partial charge in [0, 0.05) is 40.6 Å². The minimum Gasteiger partial charge on any atom is -0.480 e. The van der Waals surface area contributed by atoms with Crippen molar-refractivity contribution in [3.63, 3.8) is 0 Å². The van der Waals surface area contributed by atoms with E-state index in [-0.39, 0.29) is 17.9 Å². The van der Waals surface area contributed by atoms with Crippen LogP contribution < -0.4 is 21.7 Å². The van der Waals surface area contributed by atoms with Crippen LogP contribution in [0.15, 0.2) is 71.7 Å². The van der Waals surface area contributed by atoms with Crippen LogP contribution in [0.5, 0.6) is 0 Å². The van der Waals surface area contributed by atoms with Gasteiger partial charge in [0.25, 0.3) is 0 Å². The standard InChI is InChI=1S/C20H24N4OS.C14H25NO4.C12H19N3OS.C8H6BrN/c21-18-16-9-5-4-8-15(16)13-24(18)17(12-14-6-2-1-3-7-14)19(25)23-20-22-10-11-26-20;1-14(2,3)19-13(18)15-11(12(16)17)9-10-7-5-4-6-8-10;13-10(8-9-4-2-1-3-5-9)11(16)15-12-14-6-7-17-12;9-5-7-3-1-2-4-8(7)6-10/h4-5,8-11,14,17,21H,1-3,6-7,12-13H2,(H,22,23,25);10-11H,4-9H2,1-3H3,(H,15,18)(H,16,17);6-7,9-10H,1-5,8,13H2,(H,14,15,16);1-4H,5H2. The van der Waals surface area contributed by atoms with E-state index in [2.05, 4.69) is 54.0 Å². The van der Waals surface area contributed by atoms with Crippen molar-refractivity contribution in [1.82, 2.24) is 20.2 Å². The Hall–Kier alpha value is -5.22. The van der Waals surface area contributed by atoms with Gasteiger partial charge >= 0.3 is 12.1 Å². The first kappa shape index (κ1) is 57.7. The van der Waals surface area contributed by atoms with Crippen LogP contribution in [0.3, 0.4) is 0 Å². The third-order valence-electron chi connectivity index (χ3n) is 13.4. The van der Waals surface area contributed by atoms with Gasteiger partial charge in [-0.25, -0.2) is 19.6 Å².